The van der Waals surface area contributed by atoms with Gasteiger partial charge in [-0.1, -0.05) is 18.2 Å². The number of anilines is 1. The summed E-state index contributed by atoms with van der Waals surface area (Å²) in [4.78, 5) is 20.9. The first-order valence-electron chi connectivity index (χ1n) is 9.11. The normalized spacial score (nSPS) is 11.5. The van der Waals surface area contributed by atoms with Crippen molar-refractivity contribution in [2.24, 2.45) is 0 Å². The van der Waals surface area contributed by atoms with Crippen LogP contribution in [0.2, 0.25) is 0 Å². The number of alkyl halides is 3. The molecule has 4 nitrogen and oxygen atoms in total. The third kappa shape index (κ3) is 4.00. The fraction of sp³-hybridized carbons (Fsp3) is 0.0870. The highest BCUT2D eigenvalue weighted by molar-refractivity contribution is 6.05. The van der Waals surface area contributed by atoms with Gasteiger partial charge >= 0.3 is 6.18 Å². The van der Waals surface area contributed by atoms with Crippen LogP contribution in [-0.2, 0) is 6.18 Å². The van der Waals surface area contributed by atoms with Gasteiger partial charge in [-0.25, -0.2) is 9.97 Å². The molecule has 0 saturated carbocycles. The number of halogens is 3. The van der Waals surface area contributed by atoms with Gasteiger partial charge in [0.2, 0.25) is 0 Å². The topological polar surface area (TPSA) is 54.9 Å². The first kappa shape index (κ1) is 19.6. The molecule has 0 spiro atoms. The molecule has 0 saturated heterocycles. The Hall–Kier alpha value is -3.74. The highest BCUT2D eigenvalue weighted by Crippen LogP contribution is 2.31. The van der Waals surface area contributed by atoms with Crippen molar-refractivity contribution in [3.8, 4) is 11.1 Å². The Bertz CT molecular complexity index is 1250. The molecule has 4 rings (SSSR count). The Morgan fingerprint density at radius 1 is 1.00 bits per heavy atom. The minimum atomic E-state index is -4.47. The lowest BCUT2D eigenvalue weighted by Gasteiger charge is -2.12. The first-order valence-corrected chi connectivity index (χ1v) is 9.11. The van der Waals surface area contributed by atoms with Crippen molar-refractivity contribution >= 4 is 22.5 Å². The minimum absolute atomic E-state index is 0.0832. The maximum absolute atomic E-state index is 12.9. The lowest BCUT2D eigenvalue weighted by atomic mass is 9.97. The van der Waals surface area contributed by atoms with Gasteiger partial charge < -0.3 is 5.32 Å². The lowest BCUT2D eigenvalue weighted by molar-refractivity contribution is -0.137. The number of fused-ring (bicyclic) bond motifs is 1. The Morgan fingerprint density at radius 2 is 1.83 bits per heavy atom. The van der Waals surface area contributed by atoms with Gasteiger partial charge in [-0.3, -0.25) is 4.79 Å². The van der Waals surface area contributed by atoms with Crippen LogP contribution in [0.5, 0.6) is 0 Å². The van der Waals surface area contributed by atoms with E-state index in [1.54, 1.807) is 18.3 Å². The van der Waals surface area contributed by atoms with Gasteiger partial charge in [-0.15, -0.1) is 0 Å². The summed E-state index contributed by atoms with van der Waals surface area (Å²) < 4.78 is 38.7. The number of hydrogen-bond donors (Lipinski definition) is 1. The Balaban J connectivity index is 1.65. The van der Waals surface area contributed by atoms with Gasteiger partial charge in [0.1, 0.15) is 6.33 Å². The summed E-state index contributed by atoms with van der Waals surface area (Å²) in [6.07, 6.45) is -1.28. The van der Waals surface area contributed by atoms with E-state index in [0.29, 0.717) is 5.56 Å². The molecule has 0 radical (unpaired) electrons. The van der Waals surface area contributed by atoms with Crippen LogP contribution in [-0.4, -0.2) is 15.9 Å². The molecule has 7 heteroatoms. The molecular weight excluding hydrogens is 391 g/mol. The summed E-state index contributed by atoms with van der Waals surface area (Å²) in [5, 5.41) is 3.41. The number of nitrogens with one attached hydrogen (secondary N) is 1. The van der Waals surface area contributed by atoms with Crippen LogP contribution in [0.25, 0.3) is 22.0 Å². The average Bonchev–Trinajstić information content (AvgIpc) is 2.73. The van der Waals surface area contributed by atoms with Crippen LogP contribution in [0.1, 0.15) is 21.5 Å². The number of hydrogen-bond acceptors (Lipinski definition) is 3. The number of carbonyl (C=O) groups is 1. The van der Waals surface area contributed by atoms with Gasteiger partial charge in [0.15, 0.2) is 0 Å². The number of rotatable bonds is 3. The second-order valence-electron chi connectivity index (χ2n) is 6.86. The third-order valence-corrected chi connectivity index (χ3v) is 4.76. The van der Waals surface area contributed by atoms with E-state index in [9.17, 15) is 18.0 Å². The predicted octanol–water partition coefficient (Wildman–Crippen LogP) is 5.88. The number of nitrogens with zero attached hydrogens (tertiary/aromatic N) is 2. The average molecular weight is 407 g/mol. The summed E-state index contributed by atoms with van der Waals surface area (Å²) in [6.45, 7) is 1.93. The van der Waals surface area contributed by atoms with E-state index < -0.39 is 17.6 Å². The van der Waals surface area contributed by atoms with Crippen molar-refractivity contribution in [1.82, 2.24) is 9.97 Å². The van der Waals surface area contributed by atoms with Crippen LogP contribution in [0.4, 0.5) is 18.9 Å². The van der Waals surface area contributed by atoms with E-state index in [1.807, 2.05) is 31.2 Å². The maximum atomic E-state index is 12.9. The molecule has 3 aromatic carbocycles. The number of aryl methyl sites for hydroxylation is 1. The zero-order chi connectivity index (χ0) is 21.3. The highest BCUT2D eigenvalue weighted by atomic mass is 19.4. The number of aromatic nitrogens is 2. The fourth-order valence-corrected chi connectivity index (χ4v) is 3.20. The quantitative estimate of drug-likeness (QED) is 0.462. The zero-order valence-corrected chi connectivity index (χ0v) is 15.9. The van der Waals surface area contributed by atoms with Gasteiger partial charge in [-0.2, -0.15) is 13.2 Å². The molecular formula is C23H16F3N3O. The standard InChI is InChI=1S/C23H16F3N3O/c1-14-5-6-16(22(30)29-19-4-2-3-18(11-19)23(24,25)26)10-20(14)15-7-8-21-17(9-15)12-27-13-28-21/h2-13H,1H3,(H,29,30). The largest absolute Gasteiger partial charge is 0.416 e. The molecule has 1 N–H and O–H groups in total. The van der Waals surface area contributed by atoms with Crippen LogP contribution < -0.4 is 5.32 Å². The van der Waals surface area contributed by atoms with Crippen molar-refractivity contribution in [2.75, 3.05) is 5.32 Å². The second-order valence-corrected chi connectivity index (χ2v) is 6.86. The van der Waals surface area contributed by atoms with E-state index in [1.165, 1.54) is 18.5 Å². The first-order chi connectivity index (χ1) is 14.3. The van der Waals surface area contributed by atoms with Gasteiger partial charge in [0, 0.05) is 22.8 Å². The van der Waals surface area contributed by atoms with Gasteiger partial charge in [0.25, 0.3) is 5.91 Å². The van der Waals surface area contributed by atoms with E-state index in [-0.39, 0.29) is 5.69 Å². The minimum Gasteiger partial charge on any atom is -0.322 e. The summed E-state index contributed by atoms with van der Waals surface area (Å²) in [6, 6.07) is 15.5. The number of amides is 1. The van der Waals surface area contributed by atoms with E-state index in [2.05, 4.69) is 15.3 Å². The molecule has 0 atom stereocenters. The molecule has 4 aromatic rings. The van der Waals surface area contributed by atoms with Crippen LogP contribution in [0, 0.1) is 6.92 Å². The van der Waals surface area contributed by atoms with Crippen LogP contribution in [0.15, 0.2) is 73.2 Å². The molecule has 0 bridgehead atoms. The molecule has 0 aliphatic rings. The molecule has 1 heterocycles. The molecule has 1 amide bonds. The molecule has 30 heavy (non-hydrogen) atoms. The Morgan fingerprint density at radius 3 is 2.63 bits per heavy atom. The molecule has 0 aliphatic carbocycles. The monoisotopic (exact) mass is 407 g/mol. The van der Waals surface area contributed by atoms with Crippen molar-refractivity contribution in [1.29, 1.82) is 0 Å². The van der Waals surface area contributed by atoms with E-state index in [0.717, 1.165) is 39.7 Å². The zero-order valence-electron chi connectivity index (χ0n) is 15.9. The maximum Gasteiger partial charge on any atom is 0.416 e. The molecule has 150 valence electrons. The molecule has 1 aromatic heterocycles. The lowest BCUT2D eigenvalue weighted by Crippen LogP contribution is -2.13. The number of benzene rings is 3. The fourth-order valence-electron chi connectivity index (χ4n) is 3.20. The Labute approximate surface area is 170 Å². The van der Waals surface area contributed by atoms with Crippen molar-refractivity contribution in [2.45, 2.75) is 13.1 Å². The van der Waals surface area contributed by atoms with E-state index in [4.69, 9.17) is 0 Å². The third-order valence-electron chi connectivity index (χ3n) is 4.76. The SMILES string of the molecule is Cc1ccc(C(=O)Nc2cccc(C(F)(F)F)c2)cc1-c1ccc2ncncc2c1. The summed E-state index contributed by atoms with van der Waals surface area (Å²) in [5.74, 6) is -0.486. The summed E-state index contributed by atoms with van der Waals surface area (Å²) in [7, 11) is 0. The van der Waals surface area contributed by atoms with Crippen molar-refractivity contribution in [3.05, 3.63) is 89.9 Å². The molecule has 0 aliphatic heterocycles. The highest BCUT2D eigenvalue weighted by Gasteiger charge is 2.30. The van der Waals surface area contributed by atoms with Gasteiger partial charge in [0.05, 0.1) is 11.1 Å². The van der Waals surface area contributed by atoms with Crippen LogP contribution >= 0.6 is 0 Å². The Kier molecular flexibility index (Phi) is 4.95. The van der Waals surface area contributed by atoms with Crippen molar-refractivity contribution < 1.29 is 18.0 Å². The number of carbonyl (C=O) groups excluding carboxylic acids is 1. The van der Waals surface area contributed by atoms with Gasteiger partial charge in [-0.05, 0) is 66.1 Å². The smallest absolute Gasteiger partial charge is 0.322 e. The van der Waals surface area contributed by atoms with Crippen molar-refractivity contribution in [3.63, 3.8) is 0 Å². The molecule has 0 unspecified atom stereocenters. The van der Waals surface area contributed by atoms with Crippen LogP contribution in [0.3, 0.4) is 0 Å². The second kappa shape index (κ2) is 7.59. The molecule has 0 fully saturated rings. The summed E-state index contributed by atoms with van der Waals surface area (Å²) >= 11 is 0. The predicted molar refractivity (Wildman–Crippen MR) is 109 cm³/mol. The van der Waals surface area contributed by atoms with E-state index >= 15 is 0 Å². The summed E-state index contributed by atoms with van der Waals surface area (Å²) in [5.41, 5.74) is 3.12.